The van der Waals surface area contributed by atoms with Gasteiger partial charge in [0.25, 0.3) is 0 Å². The maximum Gasteiger partial charge on any atom is 0.178 e. The summed E-state index contributed by atoms with van der Waals surface area (Å²) in [4.78, 5) is 9.60. The van der Waals surface area contributed by atoms with Gasteiger partial charge in [0, 0.05) is 45.7 Å². The molecule has 0 bridgehead atoms. The van der Waals surface area contributed by atoms with Gasteiger partial charge >= 0.3 is 0 Å². The first kappa shape index (κ1) is 27.2. The summed E-state index contributed by atoms with van der Waals surface area (Å²) in [7, 11) is 0. The van der Waals surface area contributed by atoms with E-state index in [1.165, 1.54) is 16.8 Å². The maximum absolute atomic E-state index is 6.73. The Labute approximate surface area is 261 Å². The molecule has 8 aromatic rings. The molecule has 0 saturated carbocycles. The van der Waals surface area contributed by atoms with Crippen molar-refractivity contribution in [2.75, 3.05) is 0 Å². The Morgan fingerprint density at radius 2 is 1.49 bits per heavy atom. The van der Waals surface area contributed by atoms with Gasteiger partial charge in [0.05, 0.1) is 11.2 Å². The molecule has 0 radical (unpaired) electrons. The van der Waals surface area contributed by atoms with E-state index in [1.807, 2.05) is 48.8 Å². The number of hydrogen-bond acceptors (Lipinski definition) is 4. The van der Waals surface area contributed by atoms with Crippen molar-refractivity contribution in [1.82, 2.24) is 14.5 Å². The molecule has 0 saturated heterocycles. The fraction of sp³-hybridized carbons (Fsp3) is 0.150. The predicted molar refractivity (Wildman–Crippen MR) is 184 cm³/mol. The first-order valence-electron chi connectivity index (χ1n) is 15.5. The van der Waals surface area contributed by atoms with E-state index >= 15 is 0 Å². The molecule has 0 aliphatic carbocycles. The van der Waals surface area contributed by atoms with Crippen LogP contribution < -0.4 is 4.74 Å². The average molecular weight is 588 g/mol. The van der Waals surface area contributed by atoms with Crippen LogP contribution in [0.15, 0.2) is 120 Å². The third kappa shape index (κ3) is 4.46. The zero-order valence-corrected chi connectivity index (χ0v) is 25.8. The van der Waals surface area contributed by atoms with Crippen LogP contribution in [0.4, 0.5) is 0 Å². The Balaban J connectivity index is 1.29. The van der Waals surface area contributed by atoms with Crippen LogP contribution in [-0.4, -0.2) is 14.5 Å². The smallest absolute Gasteiger partial charge is 0.178 e. The number of rotatable bonds is 6. The van der Waals surface area contributed by atoms with Gasteiger partial charge in [-0.3, -0.25) is 9.55 Å². The molecule has 3 heterocycles. The normalized spacial score (nSPS) is 12.0. The standard InChI is InChI=1S/C40H33N3O2/c1-24(2)29-14-8-15-30(25(3)4)38(29)43-21-20-42-40(43)27-10-7-12-28(22-27)44-35-23-33-31(18-17-26-11-9-19-41-37(26)33)36-32-13-5-6-16-34(32)45-39(35)36/h5-25H,1-4H3. The Kier molecular flexibility index (Phi) is 6.42. The molecule has 3 aromatic heterocycles. The summed E-state index contributed by atoms with van der Waals surface area (Å²) in [6.07, 6.45) is 5.78. The lowest BCUT2D eigenvalue weighted by atomic mass is 9.92. The van der Waals surface area contributed by atoms with Crippen LogP contribution in [0, 0.1) is 0 Å². The number of imidazole rings is 1. The van der Waals surface area contributed by atoms with Crippen molar-refractivity contribution in [3.63, 3.8) is 0 Å². The van der Waals surface area contributed by atoms with Gasteiger partial charge in [0.2, 0.25) is 0 Å². The topological polar surface area (TPSA) is 53.1 Å². The zero-order chi connectivity index (χ0) is 30.7. The lowest BCUT2D eigenvalue weighted by Crippen LogP contribution is -2.07. The van der Waals surface area contributed by atoms with Crippen LogP contribution in [0.25, 0.3) is 60.7 Å². The van der Waals surface area contributed by atoms with Crippen molar-refractivity contribution < 1.29 is 9.15 Å². The van der Waals surface area contributed by atoms with E-state index in [4.69, 9.17) is 19.1 Å². The van der Waals surface area contributed by atoms with Gasteiger partial charge in [-0.25, -0.2) is 4.98 Å². The Morgan fingerprint density at radius 1 is 0.689 bits per heavy atom. The van der Waals surface area contributed by atoms with Gasteiger partial charge < -0.3 is 9.15 Å². The lowest BCUT2D eigenvalue weighted by Gasteiger charge is -2.22. The quantitative estimate of drug-likeness (QED) is 0.182. The van der Waals surface area contributed by atoms with E-state index in [2.05, 4.69) is 99.1 Å². The molecule has 0 atom stereocenters. The summed E-state index contributed by atoms with van der Waals surface area (Å²) in [6.45, 7) is 8.98. The van der Waals surface area contributed by atoms with Gasteiger partial charge in [-0.2, -0.15) is 0 Å². The van der Waals surface area contributed by atoms with Gasteiger partial charge in [-0.1, -0.05) is 94.4 Å². The molecule has 5 heteroatoms. The summed E-state index contributed by atoms with van der Waals surface area (Å²) >= 11 is 0. The molecule has 5 aromatic carbocycles. The molecule has 0 spiro atoms. The fourth-order valence-corrected chi connectivity index (χ4v) is 6.60. The molecule has 5 nitrogen and oxygen atoms in total. The number of pyridine rings is 1. The highest BCUT2D eigenvalue weighted by atomic mass is 16.5. The summed E-state index contributed by atoms with van der Waals surface area (Å²) in [5.74, 6) is 2.97. The van der Waals surface area contributed by atoms with Crippen molar-refractivity contribution in [3.05, 3.63) is 127 Å². The second kappa shape index (κ2) is 10.6. The Bertz CT molecular complexity index is 2350. The van der Waals surface area contributed by atoms with Crippen molar-refractivity contribution in [2.45, 2.75) is 39.5 Å². The molecule has 0 fully saturated rings. The largest absolute Gasteiger partial charge is 0.453 e. The molecule has 0 aliphatic heterocycles. The molecule has 8 rings (SSSR count). The molecular weight excluding hydrogens is 554 g/mol. The van der Waals surface area contributed by atoms with E-state index in [1.54, 1.807) is 0 Å². The highest BCUT2D eigenvalue weighted by Gasteiger charge is 2.21. The van der Waals surface area contributed by atoms with E-state index in [0.717, 1.165) is 55.0 Å². The van der Waals surface area contributed by atoms with Crippen LogP contribution >= 0.6 is 0 Å². The Hall–Kier alpha value is -5.42. The highest BCUT2D eigenvalue weighted by molar-refractivity contribution is 6.24. The van der Waals surface area contributed by atoms with E-state index < -0.39 is 0 Å². The minimum absolute atomic E-state index is 0.369. The van der Waals surface area contributed by atoms with Crippen molar-refractivity contribution in [2.24, 2.45) is 0 Å². The van der Waals surface area contributed by atoms with Gasteiger partial charge in [0.15, 0.2) is 11.3 Å². The van der Waals surface area contributed by atoms with Crippen molar-refractivity contribution in [3.8, 4) is 28.6 Å². The predicted octanol–water partition coefficient (Wildman–Crippen LogP) is 11.2. The van der Waals surface area contributed by atoms with Crippen LogP contribution in [0.5, 0.6) is 11.5 Å². The zero-order valence-electron chi connectivity index (χ0n) is 25.8. The average Bonchev–Trinajstić information content (AvgIpc) is 3.70. The number of para-hydroxylation sites is 2. The van der Waals surface area contributed by atoms with Crippen LogP contribution in [0.2, 0.25) is 0 Å². The summed E-state index contributed by atoms with van der Waals surface area (Å²) in [5.41, 5.74) is 7.27. The van der Waals surface area contributed by atoms with Gasteiger partial charge in [0.1, 0.15) is 17.2 Å². The maximum atomic E-state index is 6.73. The van der Waals surface area contributed by atoms with E-state index in [9.17, 15) is 0 Å². The Morgan fingerprint density at radius 3 is 2.31 bits per heavy atom. The summed E-state index contributed by atoms with van der Waals surface area (Å²) in [5, 5.41) is 5.29. The monoisotopic (exact) mass is 587 g/mol. The third-order valence-corrected chi connectivity index (χ3v) is 8.72. The first-order chi connectivity index (χ1) is 22.0. The third-order valence-electron chi connectivity index (χ3n) is 8.72. The number of nitrogens with zero attached hydrogens (tertiary/aromatic N) is 3. The van der Waals surface area contributed by atoms with Crippen molar-refractivity contribution in [1.29, 1.82) is 0 Å². The second-order valence-electron chi connectivity index (χ2n) is 12.3. The minimum atomic E-state index is 0.369. The first-order valence-corrected chi connectivity index (χ1v) is 15.5. The molecule has 0 amide bonds. The number of fused-ring (bicyclic) bond motifs is 7. The summed E-state index contributed by atoms with van der Waals surface area (Å²) < 4.78 is 15.4. The summed E-state index contributed by atoms with van der Waals surface area (Å²) in [6, 6.07) is 33.3. The van der Waals surface area contributed by atoms with E-state index in [0.29, 0.717) is 23.3 Å². The highest BCUT2D eigenvalue weighted by Crippen LogP contribution is 2.44. The number of benzene rings is 5. The number of aromatic nitrogens is 3. The van der Waals surface area contributed by atoms with Crippen LogP contribution in [0.1, 0.15) is 50.7 Å². The molecule has 45 heavy (non-hydrogen) atoms. The van der Waals surface area contributed by atoms with E-state index in [-0.39, 0.29) is 0 Å². The SMILES string of the molecule is CC(C)c1cccc(C(C)C)c1-n1ccnc1-c1cccc(Oc2cc3c(ccc4cccnc43)c3c2oc2ccccc23)c1. The molecule has 0 unspecified atom stereocenters. The lowest BCUT2D eigenvalue weighted by molar-refractivity contribution is 0.477. The molecular formula is C40H33N3O2. The van der Waals surface area contributed by atoms with Gasteiger partial charge in [-0.15, -0.1) is 0 Å². The van der Waals surface area contributed by atoms with Crippen LogP contribution in [-0.2, 0) is 0 Å². The molecule has 220 valence electrons. The fourth-order valence-electron chi connectivity index (χ4n) is 6.60. The number of furan rings is 1. The molecule has 0 N–H and O–H groups in total. The van der Waals surface area contributed by atoms with Gasteiger partial charge in [-0.05, 0) is 58.7 Å². The number of ether oxygens (including phenoxy) is 1. The second-order valence-corrected chi connectivity index (χ2v) is 12.3. The number of hydrogen-bond donors (Lipinski definition) is 0. The molecule has 0 aliphatic rings. The minimum Gasteiger partial charge on any atom is -0.453 e. The van der Waals surface area contributed by atoms with Crippen LogP contribution in [0.3, 0.4) is 0 Å². The van der Waals surface area contributed by atoms with Crippen molar-refractivity contribution >= 4 is 43.6 Å².